The van der Waals surface area contributed by atoms with Gasteiger partial charge in [0, 0.05) is 0 Å². The molecule has 3 nitrogen and oxygen atoms in total. The van der Waals surface area contributed by atoms with E-state index < -0.39 is 0 Å². The third-order valence-electron chi connectivity index (χ3n) is 1.85. The fourth-order valence-corrected chi connectivity index (χ4v) is 1.46. The van der Waals surface area contributed by atoms with Crippen LogP contribution in [0, 0.1) is 0 Å². The SMILES string of the molecule is CCCc1ccc2nc(Cl)cn2n1. The van der Waals surface area contributed by atoms with Crippen molar-refractivity contribution in [1.29, 1.82) is 0 Å². The maximum Gasteiger partial charge on any atom is 0.155 e. The van der Waals surface area contributed by atoms with Crippen molar-refractivity contribution >= 4 is 17.2 Å². The van der Waals surface area contributed by atoms with Crippen LogP contribution in [0.4, 0.5) is 0 Å². The van der Waals surface area contributed by atoms with Crippen LogP contribution in [-0.4, -0.2) is 14.6 Å². The summed E-state index contributed by atoms with van der Waals surface area (Å²) in [6.45, 7) is 2.13. The number of halogens is 1. The molecule has 0 amide bonds. The van der Waals surface area contributed by atoms with E-state index in [2.05, 4.69) is 17.0 Å². The smallest absolute Gasteiger partial charge is 0.155 e. The third kappa shape index (κ3) is 1.65. The predicted molar refractivity (Wildman–Crippen MR) is 52.0 cm³/mol. The fourth-order valence-electron chi connectivity index (χ4n) is 1.28. The van der Waals surface area contributed by atoms with Gasteiger partial charge in [0.15, 0.2) is 5.65 Å². The van der Waals surface area contributed by atoms with Gasteiger partial charge in [0.2, 0.25) is 0 Å². The molecule has 0 aromatic carbocycles. The van der Waals surface area contributed by atoms with Gasteiger partial charge in [-0.1, -0.05) is 24.9 Å². The Kier molecular flexibility index (Phi) is 2.19. The van der Waals surface area contributed by atoms with E-state index in [1.54, 1.807) is 10.7 Å². The Balaban J connectivity index is 2.48. The number of imidazole rings is 1. The second-order valence-electron chi connectivity index (χ2n) is 2.94. The predicted octanol–water partition coefficient (Wildman–Crippen LogP) is 2.34. The number of hydrogen-bond acceptors (Lipinski definition) is 2. The van der Waals surface area contributed by atoms with Gasteiger partial charge in [-0.05, 0) is 18.6 Å². The zero-order valence-corrected chi connectivity index (χ0v) is 8.12. The zero-order valence-electron chi connectivity index (χ0n) is 7.37. The zero-order chi connectivity index (χ0) is 9.26. The summed E-state index contributed by atoms with van der Waals surface area (Å²) in [6, 6.07) is 3.92. The second kappa shape index (κ2) is 3.34. The molecule has 13 heavy (non-hydrogen) atoms. The van der Waals surface area contributed by atoms with Crippen molar-refractivity contribution in [3.8, 4) is 0 Å². The molecule has 0 saturated carbocycles. The Labute approximate surface area is 81.4 Å². The van der Waals surface area contributed by atoms with E-state index in [4.69, 9.17) is 11.6 Å². The van der Waals surface area contributed by atoms with Crippen molar-refractivity contribution in [3.63, 3.8) is 0 Å². The molecular weight excluding hydrogens is 186 g/mol. The van der Waals surface area contributed by atoms with Crippen molar-refractivity contribution in [1.82, 2.24) is 14.6 Å². The van der Waals surface area contributed by atoms with Crippen LogP contribution in [0.2, 0.25) is 5.15 Å². The highest BCUT2D eigenvalue weighted by molar-refractivity contribution is 6.29. The standard InChI is InChI=1S/C9H10ClN3/c1-2-3-7-4-5-9-11-8(10)6-13(9)12-7/h4-6H,2-3H2,1H3. The topological polar surface area (TPSA) is 30.2 Å². The van der Waals surface area contributed by atoms with Gasteiger partial charge in [-0.3, -0.25) is 0 Å². The monoisotopic (exact) mass is 195 g/mol. The summed E-state index contributed by atoms with van der Waals surface area (Å²) < 4.78 is 1.72. The molecule has 0 spiro atoms. The molecule has 2 aromatic heterocycles. The molecule has 4 heteroatoms. The number of fused-ring (bicyclic) bond motifs is 1. The largest absolute Gasteiger partial charge is 0.219 e. The normalized spacial score (nSPS) is 10.9. The molecule has 68 valence electrons. The molecule has 0 N–H and O–H groups in total. The molecule has 2 heterocycles. The average Bonchev–Trinajstić information content (AvgIpc) is 2.44. The Morgan fingerprint density at radius 3 is 3.08 bits per heavy atom. The number of rotatable bonds is 2. The van der Waals surface area contributed by atoms with Crippen LogP contribution in [0.3, 0.4) is 0 Å². The van der Waals surface area contributed by atoms with E-state index in [0.29, 0.717) is 5.15 Å². The van der Waals surface area contributed by atoms with Gasteiger partial charge in [-0.25, -0.2) is 9.50 Å². The van der Waals surface area contributed by atoms with Gasteiger partial charge in [-0.15, -0.1) is 0 Å². The first-order chi connectivity index (χ1) is 6.29. The molecule has 0 aliphatic carbocycles. The van der Waals surface area contributed by atoms with Crippen molar-refractivity contribution in [3.05, 3.63) is 29.2 Å². The Morgan fingerprint density at radius 1 is 1.46 bits per heavy atom. The average molecular weight is 196 g/mol. The van der Waals surface area contributed by atoms with Crippen LogP contribution in [0.25, 0.3) is 5.65 Å². The van der Waals surface area contributed by atoms with Crippen molar-refractivity contribution in [2.24, 2.45) is 0 Å². The molecule has 0 aliphatic rings. The highest BCUT2D eigenvalue weighted by Crippen LogP contribution is 2.09. The van der Waals surface area contributed by atoms with E-state index in [0.717, 1.165) is 24.2 Å². The van der Waals surface area contributed by atoms with Gasteiger partial charge in [0.05, 0.1) is 11.9 Å². The molecule has 2 rings (SSSR count). The van der Waals surface area contributed by atoms with Crippen LogP contribution in [0.5, 0.6) is 0 Å². The fraction of sp³-hybridized carbons (Fsp3) is 0.333. The molecule has 0 aliphatic heterocycles. The van der Waals surface area contributed by atoms with E-state index in [1.165, 1.54) is 0 Å². The quantitative estimate of drug-likeness (QED) is 0.737. The van der Waals surface area contributed by atoms with E-state index in [9.17, 15) is 0 Å². The van der Waals surface area contributed by atoms with Gasteiger partial charge < -0.3 is 0 Å². The lowest BCUT2D eigenvalue weighted by Crippen LogP contribution is -1.96. The maximum absolute atomic E-state index is 5.74. The lowest BCUT2D eigenvalue weighted by Gasteiger charge is -1.97. The van der Waals surface area contributed by atoms with Gasteiger partial charge in [0.1, 0.15) is 5.15 Å². The second-order valence-corrected chi connectivity index (χ2v) is 3.33. The molecule has 0 bridgehead atoms. The number of hydrogen-bond donors (Lipinski definition) is 0. The lowest BCUT2D eigenvalue weighted by molar-refractivity contribution is 0.810. The summed E-state index contributed by atoms with van der Waals surface area (Å²) in [5, 5.41) is 4.84. The highest BCUT2D eigenvalue weighted by atomic mass is 35.5. The molecular formula is C9H10ClN3. The lowest BCUT2D eigenvalue weighted by atomic mass is 10.2. The van der Waals surface area contributed by atoms with Crippen LogP contribution in [-0.2, 0) is 6.42 Å². The summed E-state index contributed by atoms with van der Waals surface area (Å²) in [6.07, 6.45) is 3.81. The Morgan fingerprint density at radius 2 is 2.31 bits per heavy atom. The Bertz CT molecular complexity index is 422. The molecule has 0 fully saturated rings. The Hall–Kier alpha value is -1.09. The van der Waals surface area contributed by atoms with Crippen LogP contribution in [0.15, 0.2) is 18.3 Å². The van der Waals surface area contributed by atoms with Gasteiger partial charge in [0.25, 0.3) is 0 Å². The minimum absolute atomic E-state index is 0.487. The van der Waals surface area contributed by atoms with E-state index >= 15 is 0 Å². The molecule has 0 radical (unpaired) electrons. The van der Waals surface area contributed by atoms with E-state index in [-0.39, 0.29) is 0 Å². The summed E-state index contributed by atoms with van der Waals surface area (Å²) in [5.41, 5.74) is 1.87. The first kappa shape index (κ1) is 8.51. The minimum atomic E-state index is 0.487. The van der Waals surface area contributed by atoms with E-state index in [1.807, 2.05) is 12.1 Å². The van der Waals surface area contributed by atoms with Crippen LogP contribution in [0.1, 0.15) is 19.0 Å². The van der Waals surface area contributed by atoms with Crippen LogP contribution < -0.4 is 0 Å². The van der Waals surface area contributed by atoms with Gasteiger partial charge >= 0.3 is 0 Å². The van der Waals surface area contributed by atoms with Crippen LogP contribution >= 0.6 is 11.6 Å². The number of aromatic nitrogens is 3. The maximum atomic E-state index is 5.74. The summed E-state index contributed by atoms with van der Waals surface area (Å²) in [7, 11) is 0. The number of aryl methyl sites for hydroxylation is 1. The molecule has 0 unspecified atom stereocenters. The molecule has 2 aromatic rings. The summed E-state index contributed by atoms with van der Waals surface area (Å²) >= 11 is 5.74. The van der Waals surface area contributed by atoms with Crippen molar-refractivity contribution in [2.45, 2.75) is 19.8 Å². The first-order valence-electron chi connectivity index (χ1n) is 4.30. The third-order valence-corrected chi connectivity index (χ3v) is 2.03. The first-order valence-corrected chi connectivity index (χ1v) is 4.68. The van der Waals surface area contributed by atoms with Crippen molar-refractivity contribution in [2.75, 3.05) is 0 Å². The summed E-state index contributed by atoms with van der Waals surface area (Å²) in [4.78, 5) is 4.08. The summed E-state index contributed by atoms with van der Waals surface area (Å²) in [5.74, 6) is 0. The van der Waals surface area contributed by atoms with Crippen molar-refractivity contribution < 1.29 is 0 Å². The molecule has 0 saturated heterocycles. The molecule has 0 atom stereocenters. The number of nitrogens with zero attached hydrogens (tertiary/aromatic N) is 3. The van der Waals surface area contributed by atoms with Gasteiger partial charge in [-0.2, -0.15) is 5.10 Å². The minimum Gasteiger partial charge on any atom is -0.219 e. The highest BCUT2D eigenvalue weighted by Gasteiger charge is 2.00.